The molecule has 1 aliphatic rings. The van der Waals surface area contributed by atoms with Crippen molar-refractivity contribution in [2.45, 2.75) is 32.6 Å². The van der Waals surface area contributed by atoms with E-state index in [2.05, 4.69) is 12.2 Å². The van der Waals surface area contributed by atoms with Gasteiger partial charge in [-0.1, -0.05) is 19.1 Å². The fourth-order valence-electron chi connectivity index (χ4n) is 3.68. The Morgan fingerprint density at radius 3 is 2.68 bits per heavy atom. The number of hydrogen-bond acceptors (Lipinski definition) is 5. The number of anilines is 2. The van der Waals surface area contributed by atoms with Crippen LogP contribution in [0.5, 0.6) is 0 Å². The monoisotopic (exact) mass is 420 g/mol. The van der Waals surface area contributed by atoms with Crippen LogP contribution < -0.4 is 10.2 Å². The second kappa shape index (κ2) is 9.04. The average Bonchev–Trinajstić information content (AvgIpc) is 3.38. The highest BCUT2D eigenvalue weighted by molar-refractivity contribution is 5.96. The molecule has 7 heteroatoms. The van der Waals surface area contributed by atoms with E-state index in [4.69, 9.17) is 9.15 Å². The highest BCUT2D eigenvalue weighted by Gasteiger charge is 2.21. The van der Waals surface area contributed by atoms with Crippen LogP contribution in [0.15, 0.2) is 53.1 Å². The molecular formula is C24H24N2O5. The smallest absolute Gasteiger partial charge is 0.310 e. The molecule has 1 N–H and O–H groups in total. The molecule has 0 atom stereocenters. The minimum Gasteiger partial charge on any atom is -0.464 e. The van der Waals surface area contributed by atoms with E-state index in [0.717, 1.165) is 40.6 Å². The van der Waals surface area contributed by atoms with Gasteiger partial charge in [0, 0.05) is 35.3 Å². The summed E-state index contributed by atoms with van der Waals surface area (Å²) in [4.78, 5) is 37.8. The van der Waals surface area contributed by atoms with Crippen molar-refractivity contribution in [2.75, 3.05) is 23.4 Å². The lowest BCUT2D eigenvalue weighted by molar-refractivity contribution is -0.146. The number of furan rings is 1. The van der Waals surface area contributed by atoms with Gasteiger partial charge in [-0.3, -0.25) is 14.4 Å². The second-order valence-electron chi connectivity index (χ2n) is 7.53. The van der Waals surface area contributed by atoms with Gasteiger partial charge in [-0.25, -0.2) is 0 Å². The van der Waals surface area contributed by atoms with Gasteiger partial charge in [-0.2, -0.15) is 0 Å². The van der Waals surface area contributed by atoms with Gasteiger partial charge in [-0.05, 0) is 48.7 Å². The van der Waals surface area contributed by atoms with Gasteiger partial charge in [0.15, 0.2) is 6.61 Å². The summed E-state index contributed by atoms with van der Waals surface area (Å²) in [5.41, 5.74) is 4.01. The molecule has 1 fully saturated rings. The topological polar surface area (TPSA) is 88.9 Å². The van der Waals surface area contributed by atoms with Gasteiger partial charge in [0.05, 0.1) is 12.7 Å². The lowest BCUT2D eigenvalue weighted by Gasteiger charge is -2.16. The van der Waals surface area contributed by atoms with Crippen molar-refractivity contribution in [1.82, 2.24) is 0 Å². The van der Waals surface area contributed by atoms with Crippen molar-refractivity contribution in [3.63, 3.8) is 0 Å². The molecule has 4 rings (SSSR count). The van der Waals surface area contributed by atoms with E-state index in [1.807, 2.05) is 18.2 Å². The predicted molar refractivity (Wildman–Crippen MR) is 117 cm³/mol. The van der Waals surface area contributed by atoms with Crippen molar-refractivity contribution >= 4 is 40.1 Å². The van der Waals surface area contributed by atoms with Gasteiger partial charge in [0.25, 0.3) is 5.91 Å². The van der Waals surface area contributed by atoms with Crippen LogP contribution in [0.1, 0.15) is 30.9 Å². The molecule has 1 saturated heterocycles. The van der Waals surface area contributed by atoms with Crippen LogP contribution in [-0.2, 0) is 32.0 Å². The Bertz CT molecular complexity index is 1120. The van der Waals surface area contributed by atoms with Gasteiger partial charge in [-0.15, -0.1) is 0 Å². The second-order valence-corrected chi connectivity index (χ2v) is 7.53. The van der Waals surface area contributed by atoms with Crippen molar-refractivity contribution < 1.29 is 23.5 Å². The number of carbonyl (C=O) groups excluding carboxylic acids is 3. The lowest BCUT2D eigenvalue weighted by Crippen LogP contribution is -2.24. The molecule has 0 saturated carbocycles. The van der Waals surface area contributed by atoms with Crippen molar-refractivity contribution in [2.24, 2.45) is 0 Å². The quantitative estimate of drug-likeness (QED) is 0.587. The molecule has 2 heterocycles. The third kappa shape index (κ3) is 4.77. The van der Waals surface area contributed by atoms with E-state index in [9.17, 15) is 14.4 Å². The SMILES string of the molecule is CCc1ccc2c(CC(=O)OCC(=O)Nc3ccc(N4CCCC4=O)cc3)coc2c1. The van der Waals surface area contributed by atoms with Crippen LogP contribution in [0.25, 0.3) is 11.0 Å². The Kier molecular flexibility index (Phi) is 6.02. The molecule has 7 nitrogen and oxygen atoms in total. The first-order chi connectivity index (χ1) is 15.0. The number of carbonyl (C=O) groups is 3. The number of nitrogens with one attached hydrogen (secondary N) is 1. The number of hydrogen-bond donors (Lipinski definition) is 1. The summed E-state index contributed by atoms with van der Waals surface area (Å²) in [6.07, 6.45) is 3.92. The Balaban J connectivity index is 1.28. The number of ether oxygens (including phenoxy) is 1. The molecule has 0 spiro atoms. The maximum Gasteiger partial charge on any atom is 0.310 e. The van der Waals surface area contributed by atoms with Crippen LogP contribution >= 0.6 is 0 Å². The van der Waals surface area contributed by atoms with E-state index in [1.54, 1.807) is 35.4 Å². The molecule has 1 aromatic heterocycles. The largest absolute Gasteiger partial charge is 0.464 e. The fraction of sp³-hybridized carbons (Fsp3) is 0.292. The number of amides is 2. The van der Waals surface area contributed by atoms with E-state index in [1.165, 1.54) is 0 Å². The molecule has 0 radical (unpaired) electrons. The maximum absolute atomic E-state index is 12.2. The summed E-state index contributed by atoms with van der Waals surface area (Å²) in [5.74, 6) is -0.816. The maximum atomic E-state index is 12.2. The normalized spacial score (nSPS) is 13.6. The first kappa shape index (κ1) is 20.7. The highest BCUT2D eigenvalue weighted by Crippen LogP contribution is 2.24. The Morgan fingerprint density at radius 2 is 1.97 bits per heavy atom. The number of esters is 1. The molecule has 0 unspecified atom stereocenters. The molecule has 31 heavy (non-hydrogen) atoms. The zero-order chi connectivity index (χ0) is 21.8. The zero-order valence-electron chi connectivity index (χ0n) is 17.3. The van der Waals surface area contributed by atoms with Crippen LogP contribution in [0.4, 0.5) is 11.4 Å². The summed E-state index contributed by atoms with van der Waals surface area (Å²) in [6.45, 7) is 2.41. The van der Waals surface area contributed by atoms with E-state index in [-0.39, 0.29) is 18.9 Å². The minimum absolute atomic E-state index is 0.0321. The molecule has 160 valence electrons. The highest BCUT2D eigenvalue weighted by atomic mass is 16.5. The summed E-state index contributed by atoms with van der Waals surface area (Å²) < 4.78 is 10.7. The lowest BCUT2D eigenvalue weighted by atomic mass is 10.1. The molecule has 0 aliphatic carbocycles. The standard InChI is InChI=1S/C24H24N2O5/c1-2-16-5-10-20-17(14-30-21(20)12-16)13-24(29)31-15-22(27)25-18-6-8-19(9-7-18)26-11-3-4-23(26)28/h5-10,12,14H,2-4,11,13,15H2,1H3,(H,25,27). The van der Waals surface area contributed by atoms with Crippen LogP contribution in [0, 0.1) is 0 Å². The first-order valence-electron chi connectivity index (χ1n) is 10.4. The molecular weight excluding hydrogens is 396 g/mol. The number of benzene rings is 2. The summed E-state index contributed by atoms with van der Waals surface area (Å²) in [5, 5.41) is 3.56. The van der Waals surface area contributed by atoms with E-state index >= 15 is 0 Å². The van der Waals surface area contributed by atoms with Gasteiger partial charge in [0.2, 0.25) is 5.91 Å². The fourth-order valence-corrected chi connectivity index (χ4v) is 3.68. The molecule has 2 amide bonds. The van der Waals surface area contributed by atoms with E-state index < -0.39 is 11.9 Å². The first-order valence-corrected chi connectivity index (χ1v) is 10.4. The third-order valence-electron chi connectivity index (χ3n) is 5.36. The molecule has 2 aromatic carbocycles. The molecule has 3 aromatic rings. The minimum atomic E-state index is -0.500. The average molecular weight is 420 g/mol. The Labute approximate surface area is 180 Å². The van der Waals surface area contributed by atoms with Crippen molar-refractivity contribution in [1.29, 1.82) is 0 Å². The van der Waals surface area contributed by atoms with Crippen LogP contribution in [0.3, 0.4) is 0 Å². The van der Waals surface area contributed by atoms with Crippen molar-refractivity contribution in [3.8, 4) is 0 Å². The summed E-state index contributed by atoms with van der Waals surface area (Å²) in [6, 6.07) is 12.9. The van der Waals surface area contributed by atoms with Crippen LogP contribution in [-0.4, -0.2) is 30.9 Å². The van der Waals surface area contributed by atoms with Crippen molar-refractivity contribution in [3.05, 3.63) is 59.9 Å². The summed E-state index contributed by atoms with van der Waals surface area (Å²) >= 11 is 0. The number of fused-ring (bicyclic) bond motifs is 1. The molecule has 0 bridgehead atoms. The van der Waals surface area contributed by atoms with Crippen LogP contribution in [0.2, 0.25) is 0 Å². The van der Waals surface area contributed by atoms with Gasteiger partial charge < -0.3 is 19.4 Å². The predicted octanol–water partition coefficient (Wildman–Crippen LogP) is 3.85. The number of aryl methyl sites for hydroxylation is 1. The van der Waals surface area contributed by atoms with E-state index in [0.29, 0.717) is 18.7 Å². The van der Waals surface area contributed by atoms with Gasteiger partial charge >= 0.3 is 5.97 Å². The Morgan fingerprint density at radius 1 is 1.16 bits per heavy atom. The number of nitrogens with zero attached hydrogens (tertiary/aromatic N) is 1. The van der Waals surface area contributed by atoms with Gasteiger partial charge in [0.1, 0.15) is 5.58 Å². The third-order valence-corrected chi connectivity index (χ3v) is 5.36. The number of rotatable bonds is 7. The zero-order valence-corrected chi connectivity index (χ0v) is 17.3. The Hall–Kier alpha value is -3.61. The molecule has 1 aliphatic heterocycles. The summed E-state index contributed by atoms with van der Waals surface area (Å²) in [7, 11) is 0.